The van der Waals surface area contributed by atoms with Crippen LogP contribution in [0.2, 0.25) is 5.02 Å². The molecule has 0 fully saturated rings. The molecule has 0 amide bonds. The van der Waals surface area contributed by atoms with E-state index in [0.717, 1.165) is 9.13 Å². The van der Waals surface area contributed by atoms with Gasteiger partial charge in [0.2, 0.25) is 0 Å². The van der Waals surface area contributed by atoms with Gasteiger partial charge in [-0.25, -0.2) is 4.79 Å². The van der Waals surface area contributed by atoms with E-state index in [1.54, 1.807) is 24.3 Å². The van der Waals surface area contributed by atoms with Crippen molar-refractivity contribution in [2.24, 2.45) is 0 Å². The Labute approximate surface area is 135 Å². The summed E-state index contributed by atoms with van der Waals surface area (Å²) in [5.74, 6) is -0.543. The summed E-state index contributed by atoms with van der Waals surface area (Å²) in [5.41, 5.74) is 0.917. The maximum atomic E-state index is 11.3. The highest BCUT2D eigenvalue weighted by molar-refractivity contribution is 14.1. The second kappa shape index (κ2) is 6.95. The zero-order valence-corrected chi connectivity index (χ0v) is 13.3. The maximum Gasteiger partial charge on any atom is 0.345 e. The van der Waals surface area contributed by atoms with Crippen molar-refractivity contribution in [3.8, 4) is 5.75 Å². The number of hydrogen-bond acceptors (Lipinski definition) is 2. The predicted octanol–water partition coefficient (Wildman–Crippen LogP) is 4.02. The Morgan fingerprint density at radius 1 is 1.25 bits per heavy atom. The molecule has 3 nitrogen and oxygen atoms in total. The van der Waals surface area contributed by atoms with E-state index in [9.17, 15) is 9.90 Å². The topological polar surface area (TPSA) is 46.5 Å². The quantitative estimate of drug-likeness (QED) is 0.769. The summed E-state index contributed by atoms with van der Waals surface area (Å²) < 4.78 is 6.61. The number of rotatable bonds is 5. The van der Waals surface area contributed by atoms with Crippen LogP contribution in [0.3, 0.4) is 0 Å². The average molecular weight is 403 g/mol. The van der Waals surface area contributed by atoms with Crippen molar-refractivity contribution in [3.05, 3.63) is 62.7 Å². The summed E-state index contributed by atoms with van der Waals surface area (Å²) in [4.78, 5) is 11.3. The van der Waals surface area contributed by atoms with Gasteiger partial charge in [0.1, 0.15) is 5.75 Å². The minimum Gasteiger partial charge on any atom is -0.478 e. The van der Waals surface area contributed by atoms with Gasteiger partial charge in [0.05, 0.1) is 0 Å². The van der Waals surface area contributed by atoms with E-state index in [0.29, 0.717) is 17.2 Å². The van der Waals surface area contributed by atoms with Crippen molar-refractivity contribution < 1.29 is 14.6 Å². The molecule has 104 valence electrons. The molecule has 2 aromatic carbocycles. The molecule has 20 heavy (non-hydrogen) atoms. The number of carbonyl (C=O) groups is 1. The molecule has 0 heterocycles. The number of carboxylic acid groups (broad SMARTS) is 1. The molecule has 0 aromatic heterocycles. The molecule has 0 saturated carbocycles. The third kappa shape index (κ3) is 4.38. The van der Waals surface area contributed by atoms with E-state index in [1.165, 1.54) is 0 Å². The van der Waals surface area contributed by atoms with Gasteiger partial charge in [-0.2, -0.15) is 0 Å². The van der Waals surface area contributed by atoms with Gasteiger partial charge in [0.15, 0.2) is 6.10 Å². The Hall–Kier alpha value is -1.27. The summed E-state index contributed by atoms with van der Waals surface area (Å²) >= 11 is 8.06. The molecule has 1 N–H and O–H groups in total. The molecular weight excluding hydrogens is 391 g/mol. The van der Waals surface area contributed by atoms with Crippen molar-refractivity contribution >= 4 is 40.2 Å². The first kappa shape index (κ1) is 15.1. The fourth-order valence-corrected chi connectivity index (χ4v) is 2.26. The molecule has 0 bridgehead atoms. The predicted molar refractivity (Wildman–Crippen MR) is 86.4 cm³/mol. The van der Waals surface area contributed by atoms with Gasteiger partial charge >= 0.3 is 5.97 Å². The number of carboxylic acids is 1. The van der Waals surface area contributed by atoms with Crippen LogP contribution in [0.1, 0.15) is 5.56 Å². The van der Waals surface area contributed by atoms with E-state index >= 15 is 0 Å². The lowest BCUT2D eigenvalue weighted by atomic mass is 10.1. The Kier molecular flexibility index (Phi) is 5.25. The lowest BCUT2D eigenvalue weighted by molar-refractivity contribution is -0.145. The van der Waals surface area contributed by atoms with E-state index in [-0.39, 0.29) is 0 Å². The molecule has 2 aromatic rings. The fraction of sp³-hybridized carbons (Fsp3) is 0.133. The van der Waals surface area contributed by atoms with Crippen LogP contribution < -0.4 is 4.74 Å². The van der Waals surface area contributed by atoms with Crippen molar-refractivity contribution in [1.82, 2.24) is 0 Å². The highest BCUT2D eigenvalue weighted by atomic mass is 127. The Morgan fingerprint density at radius 2 is 1.95 bits per heavy atom. The molecule has 0 radical (unpaired) electrons. The van der Waals surface area contributed by atoms with Gasteiger partial charge in [-0.1, -0.05) is 29.8 Å². The summed E-state index contributed by atoms with van der Waals surface area (Å²) in [7, 11) is 0. The lowest BCUT2D eigenvalue weighted by Gasteiger charge is -2.15. The van der Waals surface area contributed by atoms with Crippen LogP contribution in [0.25, 0.3) is 0 Å². The molecule has 0 aliphatic heterocycles. The monoisotopic (exact) mass is 402 g/mol. The highest BCUT2D eigenvalue weighted by Gasteiger charge is 2.20. The van der Waals surface area contributed by atoms with Gasteiger partial charge < -0.3 is 9.84 Å². The van der Waals surface area contributed by atoms with Crippen LogP contribution in [-0.2, 0) is 11.2 Å². The first-order chi connectivity index (χ1) is 9.54. The highest BCUT2D eigenvalue weighted by Crippen LogP contribution is 2.20. The molecule has 5 heteroatoms. The van der Waals surface area contributed by atoms with Crippen LogP contribution in [0.4, 0.5) is 0 Å². The summed E-state index contributed by atoms with van der Waals surface area (Å²) in [6, 6.07) is 14.4. The third-order valence-corrected chi connectivity index (χ3v) is 3.64. The second-order valence-electron chi connectivity index (χ2n) is 4.23. The largest absolute Gasteiger partial charge is 0.478 e. The summed E-state index contributed by atoms with van der Waals surface area (Å²) in [6.07, 6.45) is -0.632. The molecular formula is C15H12ClIO3. The Balaban J connectivity index is 2.11. The smallest absolute Gasteiger partial charge is 0.345 e. The Bertz CT molecular complexity index is 598. The lowest BCUT2D eigenvalue weighted by Crippen LogP contribution is -2.29. The van der Waals surface area contributed by atoms with Crippen molar-refractivity contribution in [2.75, 3.05) is 0 Å². The van der Waals surface area contributed by atoms with E-state index in [1.807, 2.05) is 24.3 Å². The zero-order valence-electron chi connectivity index (χ0n) is 10.4. The first-order valence-corrected chi connectivity index (χ1v) is 7.40. The minimum absolute atomic E-state index is 0.304. The molecule has 0 saturated heterocycles. The van der Waals surface area contributed by atoms with Gasteiger partial charge in [0, 0.05) is 15.0 Å². The fourth-order valence-electron chi connectivity index (χ4n) is 1.72. The van der Waals surface area contributed by atoms with Crippen LogP contribution in [0.5, 0.6) is 5.75 Å². The molecule has 0 aliphatic carbocycles. The van der Waals surface area contributed by atoms with Gasteiger partial charge in [-0.05, 0) is 58.5 Å². The van der Waals surface area contributed by atoms with Crippen molar-refractivity contribution in [3.63, 3.8) is 0 Å². The van der Waals surface area contributed by atoms with Crippen molar-refractivity contribution in [1.29, 1.82) is 0 Å². The van der Waals surface area contributed by atoms with Gasteiger partial charge in [-0.3, -0.25) is 0 Å². The summed E-state index contributed by atoms with van der Waals surface area (Å²) in [5, 5.41) is 9.78. The number of benzene rings is 2. The van der Waals surface area contributed by atoms with E-state index in [2.05, 4.69) is 22.6 Å². The molecule has 2 rings (SSSR count). The molecule has 0 spiro atoms. The van der Waals surface area contributed by atoms with Crippen molar-refractivity contribution in [2.45, 2.75) is 12.5 Å². The van der Waals surface area contributed by atoms with Crippen LogP contribution in [0, 0.1) is 3.57 Å². The maximum absolute atomic E-state index is 11.3. The van der Waals surface area contributed by atoms with Crippen LogP contribution >= 0.6 is 34.2 Å². The van der Waals surface area contributed by atoms with E-state index in [4.69, 9.17) is 16.3 Å². The van der Waals surface area contributed by atoms with Gasteiger partial charge in [-0.15, -0.1) is 0 Å². The number of halogens is 2. The molecule has 1 unspecified atom stereocenters. The number of aliphatic carboxylic acids is 1. The molecule has 1 atom stereocenters. The first-order valence-electron chi connectivity index (χ1n) is 5.94. The SMILES string of the molecule is O=C(O)C(Cc1ccc(I)cc1)Oc1cccc(Cl)c1. The standard InChI is InChI=1S/C15H12ClIO3/c16-11-2-1-3-13(9-11)20-14(15(18)19)8-10-4-6-12(17)7-5-10/h1-7,9,14H,8H2,(H,18,19). The van der Waals surface area contributed by atoms with Crippen LogP contribution in [-0.4, -0.2) is 17.2 Å². The van der Waals surface area contributed by atoms with Crippen LogP contribution in [0.15, 0.2) is 48.5 Å². The Morgan fingerprint density at radius 3 is 2.55 bits per heavy atom. The van der Waals surface area contributed by atoms with Gasteiger partial charge in [0.25, 0.3) is 0 Å². The number of hydrogen-bond donors (Lipinski definition) is 1. The third-order valence-electron chi connectivity index (χ3n) is 2.68. The number of ether oxygens (including phenoxy) is 1. The van der Waals surface area contributed by atoms with E-state index < -0.39 is 12.1 Å². The summed E-state index contributed by atoms with van der Waals surface area (Å²) in [6.45, 7) is 0. The second-order valence-corrected chi connectivity index (χ2v) is 5.91. The normalized spacial score (nSPS) is 11.9. The zero-order chi connectivity index (χ0) is 14.5. The molecule has 0 aliphatic rings. The average Bonchev–Trinajstić information content (AvgIpc) is 2.40. The minimum atomic E-state index is -0.997.